The molecular formula is C17H19NO. The minimum absolute atomic E-state index is 0.176. The number of rotatable bonds is 0. The second kappa shape index (κ2) is 4.37. The van der Waals surface area contributed by atoms with E-state index in [1.807, 2.05) is 18.5 Å². The minimum Gasteiger partial charge on any atom is -0.455 e. The lowest BCUT2D eigenvalue weighted by atomic mass is 9.85. The number of pyridine rings is 1. The molecule has 1 aliphatic rings. The van der Waals surface area contributed by atoms with Gasteiger partial charge in [0, 0.05) is 6.20 Å². The molecule has 0 saturated carbocycles. The van der Waals surface area contributed by atoms with E-state index in [2.05, 4.69) is 44.0 Å². The van der Waals surface area contributed by atoms with E-state index in [9.17, 15) is 0 Å². The Morgan fingerprint density at radius 2 is 1.79 bits per heavy atom. The van der Waals surface area contributed by atoms with Crippen molar-refractivity contribution in [1.29, 1.82) is 0 Å². The van der Waals surface area contributed by atoms with E-state index in [4.69, 9.17) is 4.74 Å². The fraction of sp³-hybridized carbons (Fsp3) is 0.353. The Bertz CT molecular complexity index is 611. The standard InChI is InChI=1S/C17H19NO/c1-17(2,3)14-6-7-15-13(10-14)5-4-12-8-9-18-11-16(12)19-15/h6-11H,4-5H2,1-3H3. The molecule has 0 radical (unpaired) electrons. The Balaban J connectivity index is 2.02. The zero-order valence-electron chi connectivity index (χ0n) is 11.7. The van der Waals surface area contributed by atoms with Gasteiger partial charge in [-0.15, -0.1) is 0 Å². The van der Waals surface area contributed by atoms with Crippen LogP contribution in [0.25, 0.3) is 0 Å². The van der Waals surface area contributed by atoms with Crippen molar-refractivity contribution in [2.75, 3.05) is 0 Å². The van der Waals surface area contributed by atoms with Crippen molar-refractivity contribution in [3.05, 3.63) is 53.3 Å². The molecular weight excluding hydrogens is 234 g/mol. The molecule has 1 aromatic carbocycles. The monoisotopic (exact) mass is 253 g/mol. The summed E-state index contributed by atoms with van der Waals surface area (Å²) in [4.78, 5) is 4.14. The third-order valence-corrected chi connectivity index (χ3v) is 3.68. The molecule has 0 atom stereocenters. The second-order valence-electron chi connectivity index (χ2n) is 6.16. The Morgan fingerprint density at radius 3 is 2.58 bits per heavy atom. The second-order valence-corrected chi connectivity index (χ2v) is 6.16. The van der Waals surface area contributed by atoms with E-state index in [0.717, 1.165) is 24.3 Å². The van der Waals surface area contributed by atoms with E-state index in [1.165, 1.54) is 16.7 Å². The summed E-state index contributed by atoms with van der Waals surface area (Å²) in [6.45, 7) is 6.72. The molecule has 3 rings (SSSR count). The zero-order chi connectivity index (χ0) is 13.5. The van der Waals surface area contributed by atoms with Crippen molar-refractivity contribution in [1.82, 2.24) is 4.98 Å². The number of benzene rings is 1. The van der Waals surface area contributed by atoms with E-state index in [1.54, 1.807) is 0 Å². The molecule has 0 aliphatic carbocycles. The van der Waals surface area contributed by atoms with Crippen LogP contribution < -0.4 is 4.74 Å². The van der Waals surface area contributed by atoms with Crippen molar-refractivity contribution in [2.24, 2.45) is 0 Å². The van der Waals surface area contributed by atoms with Gasteiger partial charge in [0.25, 0.3) is 0 Å². The summed E-state index contributed by atoms with van der Waals surface area (Å²) < 4.78 is 6.01. The Kier molecular flexibility index (Phi) is 2.81. The van der Waals surface area contributed by atoms with Gasteiger partial charge in [-0.2, -0.15) is 0 Å². The molecule has 2 aromatic rings. The summed E-state index contributed by atoms with van der Waals surface area (Å²) in [6, 6.07) is 8.60. The molecule has 0 saturated heterocycles. The van der Waals surface area contributed by atoms with Crippen LogP contribution in [0.1, 0.15) is 37.5 Å². The lowest BCUT2D eigenvalue weighted by Crippen LogP contribution is -2.11. The normalized spacial score (nSPS) is 14.1. The minimum atomic E-state index is 0.176. The van der Waals surface area contributed by atoms with Crippen molar-refractivity contribution >= 4 is 0 Å². The number of hydrogen-bond acceptors (Lipinski definition) is 2. The topological polar surface area (TPSA) is 22.1 Å². The maximum atomic E-state index is 6.01. The number of aryl methyl sites for hydroxylation is 2. The van der Waals surface area contributed by atoms with Gasteiger partial charge >= 0.3 is 0 Å². The quantitative estimate of drug-likeness (QED) is 0.699. The molecule has 98 valence electrons. The first-order valence-corrected chi connectivity index (χ1v) is 6.78. The van der Waals surface area contributed by atoms with Gasteiger partial charge in [0.2, 0.25) is 0 Å². The van der Waals surface area contributed by atoms with Crippen molar-refractivity contribution < 1.29 is 4.74 Å². The molecule has 0 bridgehead atoms. The van der Waals surface area contributed by atoms with Gasteiger partial charge in [-0.25, -0.2) is 0 Å². The van der Waals surface area contributed by atoms with E-state index in [-0.39, 0.29) is 5.41 Å². The van der Waals surface area contributed by atoms with Gasteiger partial charge in [-0.1, -0.05) is 32.9 Å². The summed E-state index contributed by atoms with van der Waals surface area (Å²) in [5.74, 6) is 1.87. The SMILES string of the molecule is CC(C)(C)c1ccc2c(c1)CCc1ccncc1O2. The smallest absolute Gasteiger partial charge is 0.148 e. The highest BCUT2D eigenvalue weighted by atomic mass is 16.5. The molecule has 0 spiro atoms. The maximum Gasteiger partial charge on any atom is 0.148 e. The Hall–Kier alpha value is -1.83. The number of hydrogen-bond donors (Lipinski definition) is 0. The molecule has 0 N–H and O–H groups in total. The summed E-state index contributed by atoms with van der Waals surface area (Å²) in [7, 11) is 0. The van der Waals surface area contributed by atoms with Crippen LogP contribution in [0, 0.1) is 0 Å². The van der Waals surface area contributed by atoms with Crippen molar-refractivity contribution in [3.8, 4) is 11.5 Å². The van der Waals surface area contributed by atoms with Crippen LogP contribution in [0.3, 0.4) is 0 Å². The van der Waals surface area contributed by atoms with Gasteiger partial charge in [0.05, 0.1) is 6.20 Å². The van der Waals surface area contributed by atoms with E-state index < -0.39 is 0 Å². The lowest BCUT2D eigenvalue weighted by Gasteiger charge is -2.20. The predicted octanol–water partition coefficient (Wildman–Crippen LogP) is 4.27. The first kappa shape index (κ1) is 12.2. The van der Waals surface area contributed by atoms with Crippen LogP contribution in [0.15, 0.2) is 36.7 Å². The predicted molar refractivity (Wildman–Crippen MR) is 76.9 cm³/mol. The molecule has 2 nitrogen and oxygen atoms in total. The number of ether oxygens (including phenoxy) is 1. The fourth-order valence-electron chi connectivity index (χ4n) is 2.44. The van der Waals surface area contributed by atoms with Crippen LogP contribution in [-0.2, 0) is 18.3 Å². The third kappa shape index (κ3) is 2.35. The number of fused-ring (bicyclic) bond motifs is 2. The highest BCUT2D eigenvalue weighted by molar-refractivity contribution is 5.46. The lowest BCUT2D eigenvalue weighted by molar-refractivity contribution is 0.475. The van der Waals surface area contributed by atoms with Crippen LogP contribution in [0.2, 0.25) is 0 Å². The number of aromatic nitrogens is 1. The van der Waals surface area contributed by atoms with Crippen LogP contribution in [-0.4, -0.2) is 4.98 Å². The van der Waals surface area contributed by atoms with Crippen LogP contribution >= 0.6 is 0 Å². The van der Waals surface area contributed by atoms with Crippen LogP contribution in [0.4, 0.5) is 0 Å². The summed E-state index contributed by atoms with van der Waals surface area (Å²) in [5.41, 5.74) is 4.07. The molecule has 1 aromatic heterocycles. The molecule has 0 unspecified atom stereocenters. The van der Waals surface area contributed by atoms with Gasteiger partial charge in [-0.05, 0) is 47.1 Å². The molecule has 0 amide bonds. The van der Waals surface area contributed by atoms with Gasteiger partial charge in [-0.3, -0.25) is 4.98 Å². The average molecular weight is 253 g/mol. The molecule has 1 aliphatic heterocycles. The highest BCUT2D eigenvalue weighted by Crippen LogP contribution is 2.35. The van der Waals surface area contributed by atoms with Gasteiger partial charge in [0.1, 0.15) is 11.5 Å². The van der Waals surface area contributed by atoms with Crippen LogP contribution in [0.5, 0.6) is 11.5 Å². The Labute approximate surface area is 114 Å². The number of nitrogens with zero attached hydrogens (tertiary/aromatic N) is 1. The fourth-order valence-corrected chi connectivity index (χ4v) is 2.44. The summed E-state index contributed by atoms with van der Waals surface area (Å²) in [5, 5.41) is 0. The van der Waals surface area contributed by atoms with E-state index >= 15 is 0 Å². The molecule has 2 heteroatoms. The zero-order valence-corrected chi connectivity index (χ0v) is 11.7. The first-order valence-electron chi connectivity index (χ1n) is 6.78. The largest absolute Gasteiger partial charge is 0.455 e. The maximum absolute atomic E-state index is 6.01. The third-order valence-electron chi connectivity index (χ3n) is 3.68. The highest BCUT2D eigenvalue weighted by Gasteiger charge is 2.19. The first-order chi connectivity index (χ1) is 9.04. The van der Waals surface area contributed by atoms with E-state index in [0.29, 0.717) is 0 Å². The molecule has 0 fully saturated rings. The summed E-state index contributed by atoms with van der Waals surface area (Å²) >= 11 is 0. The van der Waals surface area contributed by atoms with Gasteiger partial charge < -0.3 is 4.74 Å². The molecule has 2 heterocycles. The summed E-state index contributed by atoms with van der Waals surface area (Å²) in [6.07, 6.45) is 5.68. The van der Waals surface area contributed by atoms with Crippen molar-refractivity contribution in [3.63, 3.8) is 0 Å². The van der Waals surface area contributed by atoms with Crippen molar-refractivity contribution in [2.45, 2.75) is 39.0 Å². The van der Waals surface area contributed by atoms with Gasteiger partial charge in [0.15, 0.2) is 0 Å². The Morgan fingerprint density at radius 1 is 1.00 bits per heavy atom. The molecule has 19 heavy (non-hydrogen) atoms. The average Bonchev–Trinajstić information content (AvgIpc) is 2.55.